The number of urea groups is 1. The number of rotatable bonds is 2. The Morgan fingerprint density at radius 1 is 1.24 bits per heavy atom. The smallest absolute Gasteiger partial charge is 0.321 e. The number of carbonyl (C=O) groups is 2. The van der Waals surface area contributed by atoms with E-state index in [1.54, 1.807) is 17.0 Å². The number of anilines is 1. The molecule has 3 amide bonds. The predicted molar refractivity (Wildman–Crippen MR) is 80.3 cm³/mol. The molecule has 2 aliphatic heterocycles. The van der Waals surface area contributed by atoms with Gasteiger partial charge >= 0.3 is 6.03 Å². The molecule has 2 fully saturated rings. The standard InChI is InChI=1S/C15H20N4O2/c16-12-2-1-8-18(10-12)14(20)11-3-5-13(6-4-11)19-9-7-17-15(19)21/h3-6,12H,1-2,7-10,16H2,(H,17,21)/t12-/m0/s1. The van der Waals surface area contributed by atoms with Gasteiger partial charge < -0.3 is 16.0 Å². The summed E-state index contributed by atoms with van der Waals surface area (Å²) in [5.41, 5.74) is 7.38. The number of amides is 3. The van der Waals surface area contributed by atoms with E-state index >= 15 is 0 Å². The lowest BCUT2D eigenvalue weighted by Gasteiger charge is -2.30. The molecule has 2 aliphatic rings. The zero-order valence-electron chi connectivity index (χ0n) is 11.9. The maximum Gasteiger partial charge on any atom is 0.321 e. The normalized spacial score (nSPS) is 22.3. The van der Waals surface area contributed by atoms with Gasteiger partial charge in [-0.15, -0.1) is 0 Å². The van der Waals surface area contributed by atoms with Crippen LogP contribution < -0.4 is 16.0 Å². The summed E-state index contributed by atoms with van der Waals surface area (Å²) in [6, 6.07) is 7.20. The Hall–Kier alpha value is -2.08. The highest BCUT2D eigenvalue weighted by Crippen LogP contribution is 2.19. The summed E-state index contributed by atoms with van der Waals surface area (Å²) in [6.07, 6.45) is 1.94. The molecule has 2 saturated heterocycles. The van der Waals surface area contributed by atoms with Crippen molar-refractivity contribution in [2.75, 3.05) is 31.1 Å². The van der Waals surface area contributed by atoms with Crippen molar-refractivity contribution in [3.8, 4) is 0 Å². The first-order valence-electron chi connectivity index (χ1n) is 7.35. The predicted octanol–water partition coefficient (Wildman–Crippen LogP) is 0.779. The van der Waals surface area contributed by atoms with E-state index in [0.717, 1.165) is 25.1 Å². The number of carbonyl (C=O) groups excluding carboxylic acids is 2. The zero-order valence-corrected chi connectivity index (χ0v) is 11.9. The maximum atomic E-state index is 12.4. The van der Waals surface area contributed by atoms with Gasteiger partial charge in [-0.25, -0.2) is 4.79 Å². The first-order chi connectivity index (χ1) is 10.1. The minimum absolute atomic E-state index is 0.0163. The average Bonchev–Trinajstić information content (AvgIpc) is 2.93. The number of likely N-dealkylation sites (tertiary alicyclic amines) is 1. The van der Waals surface area contributed by atoms with Crippen LogP contribution in [0.25, 0.3) is 0 Å². The van der Waals surface area contributed by atoms with Crippen LogP contribution in [0.15, 0.2) is 24.3 Å². The molecule has 0 aromatic heterocycles. The van der Waals surface area contributed by atoms with Crippen molar-refractivity contribution < 1.29 is 9.59 Å². The van der Waals surface area contributed by atoms with Gasteiger partial charge in [0, 0.05) is 43.5 Å². The molecule has 0 aliphatic carbocycles. The van der Waals surface area contributed by atoms with Crippen LogP contribution in [-0.4, -0.2) is 49.1 Å². The van der Waals surface area contributed by atoms with Gasteiger partial charge in [0.05, 0.1) is 0 Å². The lowest BCUT2D eigenvalue weighted by molar-refractivity contribution is 0.0709. The Balaban J connectivity index is 1.71. The van der Waals surface area contributed by atoms with Gasteiger partial charge in [0.25, 0.3) is 5.91 Å². The Labute approximate surface area is 123 Å². The van der Waals surface area contributed by atoms with E-state index in [-0.39, 0.29) is 18.0 Å². The van der Waals surface area contributed by atoms with Crippen LogP contribution in [0.3, 0.4) is 0 Å². The van der Waals surface area contributed by atoms with Crippen molar-refractivity contribution in [1.29, 1.82) is 0 Å². The summed E-state index contributed by atoms with van der Waals surface area (Å²) in [7, 11) is 0. The van der Waals surface area contributed by atoms with Gasteiger partial charge in [0.1, 0.15) is 0 Å². The van der Waals surface area contributed by atoms with E-state index in [2.05, 4.69) is 5.32 Å². The fourth-order valence-electron chi connectivity index (χ4n) is 2.88. The molecule has 0 radical (unpaired) electrons. The fourth-order valence-corrected chi connectivity index (χ4v) is 2.88. The lowest BCUT2D eigenvalue weighted by Crippen LogP contribution is -2.45. The zero-order chi connectivity index (χ0) is 14.8. The van der Waals surface area contributed by atoms with E-state index in [1.807, 2.05) is 17.0 Å². The molecule has 0 saturated carbocycles. The Kier molecular flexibility index (Phi) is 3.79. The van der Waals surface area contributed by atoms with E-state index in [0.29, 0.717) is 25.2 Å². The Morgan fingerprint density at radius 2 is 2.00 bits per heavy atom. The first kappa shape index (κ1) is 13.9. The van der Waals surface area contributed by atoms with Gasteiger partial charge in [0.15, 0.2) is 0 Å². The van der Waals surface area contributed by atoms with Crippen molar-refractivity contribution in [2.45, 2.75) is 18.9 Å². The molecule has 0 unspecified atom stereocenters. The molecular weight excluding hydrogens is 268 g/mol. The fraction of sp³-hybridized carbons (Fsp3) is 0.467. The molecule has 6 heteroatoms. The molecule has 6 nitrogen and oxygen atoms in total. The summed E-state index contributed by atoms with van der Waals surface area (Å²) in [4.78, 5) is 27.5. The van der Waals surface area contributed by atoms with Crippen LogP contribution in [0.1, 0.15) is 23.2 Å². The van der Waals surface area contributed by atoms with Crippen molar-refractivity contribution in [3.05, 3.63) is 29.8 Å². The van der Waals surface area contributed by atoms with Gasteiger partial charge in [-0.2, -0.15) is 0 Å². The Morgan fingerprint density at radius 3 is 2.62 bits per heavy atom. The second-order valence-corrected chi connectivity index (χ2v) is 5.58. The number of nitrogens with two attached hydrogens (primary N) is 1. The Bertz CT molecular complexity index is 543. The number of nitrogens with zero attached hydrogens (tertiary/aromatic N) is 2. The van der Waals surface area contributed by atoms with Gasteiger partial charge in [-0.1, -0.05) is 0 Å². The number of nitrogens with one attached hydrogen (secondary N) is 1. The second kappa shape index (κ2) is 5.73. The summed E-state index contributed by atoms with van der Waals surface area (Å²) in [5.74, 6) is 0.0163. The SMILES string of the molecule is N[C@H]1CCCN(C(=O)c2ccc(N3CCNC3=O)cc2)C1. The molecule has 112 valence electrons. The second-order valence-electron chi connectivity index (χ2n) is 5.58. The average molecular weight is 288 g/mol. The summed E-state index contributed by atoms with van der Waals surface area (Å²) in [6.45, 7) is 2.70. The molecule has 1 atom stereocenters. The van der Waals surface area contributed by atoms with E-state index < -0.39 is 0 Å². The highest BCUT2D eigenvalue weighted by atomic mass is 16.2. The molecule has 2 heterocycles. The van der Waals surface area contributed by atoms with Crippen molar-refractivity contribution in [2.24, 2.45) is 5.73 Å². The van der Waals surface area contributed by atoms with Gasteiger partial charge in [-0.3, -0.25) is 9.69 Å². The van der Waals surface area contributed by atoms with E-state index in [4.69, 9.17) is 5.73 Å². The van der Waals surface area contributed by atoms with Crippen LogP contribution in [0, 0.1) is 0 Å². The number of hydrogen-bond acceptors (Lipinski definition) is 3. The largest absolute Gasteiger partial charge is 0.337 e. The lowest BCUT2D eigenvalue weighted by atomic mass is 10.1. The van der Waals surface area contributed by atoms with E-state index in [9.17, 15) is 9.59 Å². The summed E-state index contributed by atoms with van der Waals surface area (Å²) in [5, 5.41) is 2.76. The topological polar surface area (TPSA) is 78.7 Å². The first-order valence-corrected chi connectivity index (χ1v) is 7.35. The number of hydrogen-bond donors (Lipinski definition) is 2. The van der Waals surface area contributed by atoms with E-state index in [1.165, 1.54) is 0 Å². The molecular formula is C15H20N4O2. The van der Waals surface area contributed by atoms with Crippen molar-refractivity contribution in [1.82, 2.24) is 10.2 Å². The van der Waals surface area contributed by atoms with Crippen LogP contribution in [0.5, 0.6) is 0 Å². The highest BCUT2D eigenvalue weighted by Gasteiger charge is 2.24. The monoisotopic (exact) mass is 288 g/mol. The third-order valence-electron chi connectivity index (χ3n) is 4.03. The summed E-state index contributed by atoms with van der Waals surface area (Å²) >= 11 is 0. The number of piperidine rings is 1. The molecule has 3 rings (SSSR count). The van der Waals surface area contributed by atoms with Gasteiger partial charge in [-0.05, 0) is 37.1 Å². The molecule has 0 bridgehead atoms. The summed E-state index contributed by atoms with van der Waals surface area (Å²) < 4.78 is 0. The number of benzene rings is 1. The molecule has 3 N–H and O–H groups in total. The minimum Gasteiger partial charge on any atom is -0.337 e. The molecule has 1 aromatic carbocycles. The quantitative estimate of drug-likeness (QED) is 0.844. The molecule has 1 aromatic rings. The van der Waals surface area contributed by atoms with Crippen LogP contribution in [-0.2, 0) is 0 Å². The van der Waals surface area contributed by atoms with Crippen LogP contribution in [0.4, 0.5) is 10.5 Å². The van der Waals surface area contributed by atoms with Crippen molar-refractivity contribution in [3.63, 3.8) is 0 Å². The third-order valence-corrected chi connectivity index (χ3v) is 4.03. The van der Waals surface area contributed by atoms with Crippen LogP contribution >= 0.6 is 0 Å². The third kappa shape index (κ3) is 2.85. The minimum atomic E-state index is -0.0870. The van der Waals surface area contributed by atoms with Gasteiger partial charge in [0.2, 0.25) is 0 Å². The van der Waals surface area contributed by atoms with Crippen LogP contribution in [0.2, 0.25) is 0 Å². The highest BCUT2D eigenvalue weighted by molar-refractivity contribution is 5.97. The molecule has 0 spiro atoms. The maximum absolute atomic E-state index is 12.4. The van der Waals surface area contributed by atoms with Crippen molar-refractivity contribution >= 4 is 17.6 Å². The molecule has 21 heavy (non-hydrogen) atoms.